The van der Waals surface area contributed by atoms with Gasteiger partial charge in [-0.3, -0.25) is 0 Å². The van der Waals surface area contributed by atoms with Crippen LogP contribution in [-0.2, 0) is 5.41 Å². The quantitative estimate of drug-likeness (QED) is 0.488. The third kappa shape index (κ3) is 1.67. The zero-order valence-corrected chi connectivity index (χ0v) is 14.3. The summed E-state index contributed by atoms with van der Waals surface area (Å²) in [5, 5.41) is 6.55. The summed E-state index contributed by atoms with van der Waals surface area (Å²) >= 11 is 0. The molecule has 1 N–H and O–H groups in total. The summed E-state index contributed by atoms with van der Waals surface area (Å²) in [7, 11) is 0.718. The summed E-state index contributed by atoms with van der Waals surface area (Å²) < 4.78 is 0. The first-order chi connectivity index (χ1) is 11.2. The highest BCUT2D eigenvalue weighted by atomic mass is 28.2. The highest BCUT2D eigenvalue weighted by Crippen LogP contribution is 2.48. The number of para-hydroxylation sites is 1. The van der Waals surface area contributed by atoms with Crippen molar-refractivity contribution < 1.29 is 0 Å². The maximum Gasteiger partial charge on any atom is 0.127 e. The molecule has 1 nitrogen and oxygen atoms in total. The number of hydrogen-bond donors (Lipinski definition) is 1. The molecule has 0 amide bonds. The van der Waals surface area contributed by atoms with Crippen LogP contribution in [0.15, 0.2) is 60.7 Å². The van der Waals surface area contributed by atoms with Crippen LogP contribution < -0.4 is 15.7 Å². The van der Waals surface area contributed by atoms with E-state index >= 15 is 0 Å². The van der Waals surface area contributed by atoms with Gasteiger partial charge in [0.25, 0.3) is 0 Å². The standard InChI is InChI=1S/C21H17NSi/c1-21(2)15-8-4-3-7-13(15)14-11-12-17-20(19(14)21)23-18-10-6-5-9-16(18)22-17/h3-12,22H,1-2H3. The molecule has 0 aromatic heterocycles. The molecule has 5 rings (SSSR count). The van der Waals surface area contributed by atoms with Gasteiger partial charge in [-0.25, -0.2) is 0 Å². The molecule has 3 aromatic carbocycles. The lowest BCUT2D eigenvalue weighted by atomic mass is 9.82. The number of anilines is 2. The lowest BCUT2D eigenvalue weighted by Crippen LogP contribution is -2.40. The summed E-state index contributed by atoms with van der Waals surface area (Å²) in [5.41, 5.74) is 8.38. The van der Waals surface area contributed by atoms with Crippen LogP contribution in [0.5, 0.6) is 0 Å². The average molecular weight is 311 g/mol. The van der Waals surface area contributed by atoms with Gasteiger partial charge in [-0.2, -0.15) is 0 Å². The SMILES string of the molecule is CC1(C)c2ccccc2-c2ccc3c(c21)[Si]c1ccccc1N3. The molecular weight excluding hydrogens is 294 g/mol. The first-order valence-corrected chi connectivity index (χ1v) is 9.07. The van der Waals surface area contributed by atoms with E-state index in [0.717, 1.165) is 9.52 Å². The molecule has 0 spiro atoms. The Bertz CT molecular complexity index is 956. The minimum Gasteiger partial charge on any atom is -0.356 e. The molecule has 3 aromatic rings. The fraction of sp³-hybridized carbons (Fsp3) is 0.143. The molecule has 0 atom stereocenters. The Hall–Kier alpha value is -2.32. The second-order valence-corrected chi connectivity index (χ2v) is 8.17. The van der Waals surface area contributed by atoms with E-state index in [2.05, 4.69) is 79.8 Å². The molecule has 0 saturated heterocycles. The van der Waals surface area contributed by atoms with E-state index in [1.165, 1.54) is 44.0 Å². The van der Waals surface area contributed by atoms with Gasteiger partial charge >= 0.3 is 0 Å². The normalized spacial score (nSPS) is 15.9. The van der Waals surface area contributed by atoms with Crippen molar-refractivity contribution in [1.29, 1.82) is 0 Å². The maximum absolute atomic E-state index is 3.64. The summed E-state index contributed by atoms with van der Waals surface area (Å²) in [6.45, 7) is 4.73. The number of benzene rings is 3. The van der Waals surface area contributed by atoms with Gasteiger partial charge in [0.1, 0.15) is 9.52 Å². The summed E-state index contributed by atoms with van der Waals surface area (Å²) in [6, 6.07) is 22.1. The van der Waals surface area contributed by atoms with Crippen LogP contribution >= 0.6 is 0 Å². The lowest BCUT2D eigenvalue weighted by Gasteiger charge is -2.29. The number of nitrogens with one attached hydrogen (secondary N) is 1. The molecule has 1 heterocycles. The van der Waals surface area contributed by atoms with E-state index in [4.69, 9.17) is 0 Å². The highest BCUT2D eigenvalue weighted by molar-refractivity contribution is 6.72. The zero-order chi connectivity index (χ0) is 15.6. The second-order valence-electron chi connectivity index (χ2n) is 6.88. The van der Waals surface area contributed by atoms with E-state index in [1.807, 2.05) is 0 Å². The second kappa shape index (κ2) is 4.36. The van der Waals surface area contributed by atoms with E-state index in [1.54, 1.807) is 0 Å². The van der Waals surface area contributed by atoms with Gasteiger partial charge in [0.05, 0.1) is 0 Å². The molecule has 23 heavy (non-hydrogen) atoms. The largest absolute Gasteiger partial charge is 0.356 e. The molecule has 0 unspecified atom stereocenters. The molecule has 1 aliphatic heterocycles. The third-order valence-corrected chi connectivity index (χ3v) is 6.65. The van der Waals surface area contributed by atoms with Gasteiger partial charge < -0.3 is 5.32 Å². The number of fused-ring (bicyclic) bond motifs is 6. The minimum atomic E-state index is 0.0677. The van der Waals surface area contributed by atoms with Crippen molar-refractivity contribution in [2.45, 2.75) is 19.3 Å². The van der Waals surface area contributed by atoms with Crippen molar-refractivity contribution in [2.75, 3.05) is 5.32 Å². The monoisotopic (exact) mass is 311 g/mol. The van der Waals surface area contributed by atoms with Crippen LogP contribution in [-0.4, -0.2) is 9.52 Å². The molecule has 110 valence electrons. The van der Waals surface area contributed by atoms with Crippen molar-refractivity contribution in [3.63, 3.8) is 0 Å². The molecule has 1 aliphatic carbocycles. The van der Waals surface area contributed by atoms with Crippen molar-refractivity contribution in [2.24, 2.45) is 0 Å². The highest BCUT2D eigenvalue weighted by Gasteiger charge is 2.38. The number of rotatable bonds is 0. The molecule has 0 saturated carbocycles. The molecule has 0 bridgehead atoms. The third-order valence-electron chi connectivity index (χ3n) is 5.18. The minimum absolute atomic E-state index is 0.0677. The molecule has 2 radical (unpaired) electrons. The Labute approximate surface area is 139 Å². The predicted molar refractivity (Wildman–Crippen MR) is 98.8 cm³/mol. The van der Waals surface area contributed by atoms with Crippen LogP contribution in [0, 0.1) is 0 Å². The molecule has 2 aliphatic rings. The van der Waals surface area contributed by atoms with Crippen molar-refractivity contribution in [3.05, 3.63) is 71.8 Å². The fourth-order valence-corrected chi connectivity index (χ4v) is 5.67. The summed E-state index contributed by atoms with van der Waals surface area (Å²) in [4.78, 5) is 0. The van der Waals surface area contributed by atoms with Crippen LogP contribution in [0.4, 0.5) is 11.4 Å². The van der Waals surface area contributed by atoms with Crippen molar-refractivity contribution in [1.82, 2.24) is 0 Å². The summed E-state index contributed by atoms with van der Waals surface area (Å²) in [5.74, 6) is 0. The number of hydrogen-bond acceptors (Lipinski definition) is 1. The van der Waals surface area contributed by atoms with Crippen LogP contribution in [0.3, 0.4) is 0 Å². The lowest BCUT2D eigenvalue weighted by molar-refractivity contribution is 0.664. The van der Waals surface area contributed by atoms with Gasteiger partial charge in [-0.05, 0) is 44.8 Å². The maximum atomic E-state index is 3.64. The van der Waals surface area contributed by atoms with Gasteiger partial charge in [0.2, 0.25) is 0 Å². The Morgan fingerprint density at radius 3 is 2.48 bits per heavy atom. The average Bonchev–Trinajstić information content (AvgIpc) is 2.81. The smallest absolute Gasteiger partial charge is 0.127 e. The van der Waals surface area contributed by atoms with Crippen molar-refractivity contribution >= 4 is 31.3 Å². The van der Waals surface area contributed by atoms with Gasteiger partial charge in [-0.1, -0.05) is 62.4 Å². The topological polar surface area (TPSA) is 12.0 Å². The van der Waals surface area contributed by atoms with Gasteiger partial charge in [0.15, 0.2) is 0 Å². The predicted octanol–water partition coefficient (Wildman–Crippen LogP) is 3.70. The fourth-order valence-electron chi connectivity index (χ4n) is 4.09. The zero-order valence-electron chi connectivity index (χ0n) is 13.3. The van der Waals surface area contributed by atoms with E-state index in [-0.39, 0.29) is 5.41 Å². The van der Waals surface area contributed by atoms with Crippen LogP contribution in [0.25, 0.3) is 11.1 Å². The van der Waals surface area contributed by atoms with Crippen molar-refractivity contribution in [3.8, 4) is 11.1 Å². The van der Waals surface area contributed by atoms with Gasteiger partial charge in [-0.15, -0.1) is 0 Å². The van der Waals surface area contributed by atoms with Crippen LogP contribution in [0.1, 0.15) is 25.0 Å². The molecular formula is C21H17NSi. The Kier molecular flexibility index (Phi) is 2.49. The summed E-state index contributed by atoms with van der Waals surface area (Å²) in [6.07, 6.45) is 0. The molecule has 0 fully saturated rings. The van der Waals surface area contributed by atoms with Crippen LogP contribution in [0.2, 0.25) is 0 Å². The molecule has 2 heteroatoms. The Morgan fingerprint density at radius 1 is 0.783 bits per heavy atom. The van der Waals surface area contributed by atoms with E-state index < -0.39 is 0 Å². The Morgan fingerprint density at radius 2 is 1.57 bits per heavy atom. The van der Waals surface area contributed by atoms with E-state index in [0.29, 0.717) is 0 Å². The first kappa shape index (κ1) is 13.1. The van der Waals surface area contributed by atoms with E-state index in [9.17, 15) is 0 Å². The Balaban J connectivity index is 1.78. The first-order valence-electron chi connectivity index (χ1n) is 8.07. The van der Waals surface area contributed by atoms with Gasteiger partial charge in [0, 0.05) is 16.8 Å².